The summed E-state index contributed by atoms with van der Waals surface area (Å²) < 4.78 is 5.68. The number of benzene rings is 1. The van der Waals surface area contributed by atoms with Crippen molar-refractivity contribution in [3.63, 3.8) is 0 Å². The average molecular weight is 317 g/mol. The Balaban J connectivity index is 1.94. The average Bonchev–Trinajstić information content (AvgIpc) is 2.96. The Kier molecular flexibility index (Phi) is 3.85. The van der Waals surface area contributed by atoms with Crippen LogP contribution >= 0.6 is 11.3 Å². The lowest BCUT2D eigenvalue weighted by molar-refractivity contribution is -0.137. The van der Waals surface area contributed by atoms with E-state index in [1.807, 2.05) is 30.3 Å². The molecular formula is C16H15NO4S. The van der Waals surface area contributed by atoms with Crippen LogP contribution in [0.3, 0.4) is 0 Å². The molecule has 0 fully saturated rings. The van der Waals surface area contributed by atoms with E-state index < -0.39 is 5.97 Å². The van der Waals surface area contributed by atoms with Gasteiger partial charge in [-0.1, -0.05) is 12.1 Å². The molecule has 0 atom stereocenters. The lowest BCUT2D eigenvalue weighted by Crippen LogP contribution is -2.34. The number of rotatable bonds is 4. The number of ether oxygens (including phenoxy) is 1. The number of aliphatic carboxylic acids is 1. The molecule has 22 heavy (non-hydrogen) atoms. The number of fused-ring (bicyclic) bond motifs is 3. The maximum absolute atomic E-state index is 12.5. The molecule has 1 aromatic heterocycles. The summed E-state index contributed by atoms with van der Waals surface area (Å²) in [5.41, 5.74) is 1.95. The number of hydrogen-bond donors (Lipinski definition) is 1. The van der Waals surface area contributed by atoms with E-state index in [0.29, 0.717) is 18.0 Å². The zero-order valence-corrected chi connectivity index (χ0v) is 12.9. The van der Waals surface area contributed by atoms with Gasteiger partial charge in [-0.25, -0.2) is 0 Å². The highest BCUT2D eigenvalue weighted by molar-refractivity contribution is 7.17. The number of thiophene rings is 1. The van der Waals surface area contributed by atoms with E-state index in [-0.39, 0.29) is 12.5 Å². The monoisotopic (exact) mass is 317 g/mol. The van der Waals surface area contributed by atoms with Crippen LogP contribution in [0.15, 0.2) is 30.3 Å². The second kappa shape index (κ2) is 5.81. The molecule has 2 aromatic rings. The zero-order chi connectivity index (χ0) is 15.7. The number of hydrogen-bond acceptors (Lipinski definition) is 4. The van der Waals surface area contributed by atoms with E-state index in [0.717, 1.165) is 21.8 Å². The van der Waals surface area contributed by atoms with Gasteiger partial charge in [-0.3, -0.25) is 9.59 Å². The van der Waals surface area contributed by atoms with Crippen molar-refractivity contribution in [2.75, 3.05) is 13.1 Å². The summed E-state index contributed by atoms with van der Waals surface area (Å²) in [6, 6.07) is 9.52. The number of para-hydroxylation sites is 1. The van der Waals surface area contributed by atoms with Crippen molar-refractivity contribution >= 4 is 23.2 Å². The van der Waals surface area contributed by atoms with Crippen LogP contribution < -0.4 is 4.74 Å². The predicted molar refractivity (Wildman–Crippen MR) is 83.3 cm³/mol. The molecule has 0 radical (unpaired) electrons. The second-order valence-corrected chi connectivity index (χ2v) is 6.02. The van der Waals surface area contributed by atoms with Gasteiger partial charge in [0.25, 0.3) is 5.91 Å². The van der Waals surface area contributed by atoms with Crippen molar-refractivity contribution in [2.24, 2.45) is 0 Å². The molecule has 0 saturated carbocycles. The zero-order valence-electron chi connectivity index (χ0n) is 12.0. The van der Waals surface area contributed by atoms with Gasteiger partial charge in [0, 0.05) is 22.5 Å². The van der Waals surface area contributed by atoms with Gasteiger partial charge in [-0.05, 0) is 25.1 Å². The molecule has 0 saturated heterocycles. The van der Waals surface area contributed by atoms with Gasteiger partial charge in [-0.15, -0.1) is 11.3 Å². The van der Waals surface area contributed by atoms with Crippen molar-refractivity contribution in [1.82, 2.24) is 4.90 Å². The van der Waals surface area contributed by atoms with Crippen LogP contribution in [0.2, 0.25) is 0 Å². The van der Waals surface area contributed by atoms with Crippen LogP contribution in [0.5, 0.6) is 5.75 Å². The maximum atomic E-state index is 12.5. The summed E-state index contributed by atoms with van der Waals surface area (Å²) in [6.07, 6.45) is 0. The maximum Gasteiger partial charge on any atom is 0.323 e. The highest BCUT2D eigenvalue weighted by atomic mass is 32.1. The van der Waals surface area contributed by atoms with E-state index in [9.17, 15) is 9.59 Å². The molecule has 0 spiro atoms. The molecule has 1 aliphatic rings. The van der Waals surface area contributed by atoms with Crippen LogP contribution in [-0.2, 0) is 11.4 Å². The predicted octanol–water partition coefficient (Wildman–Crippen LogP) is 2.85. The van der Waals surface area contributed by atoms with Crippen LogP contribution in [0, 0.1) is 0 Å². The summed E-state index contributed by atoms with van der Waals surface area (Å²) in [6.45, 7) is 2.28. The third-order valence-electron chi connectivity index (χ3n) is 3.53. The van der Waals surface area contributed by atoms with Crippen LogP contribution in [-0.4, -0.2) is 35.0 Å². The summed E-state index contributed by atoms with van der Waals surface area (Å²) >= 11 is 1.39. The minimum atomic E-state index is -1.01. The van der Waals surface area contributed by atoms with Crippen molar-refractivity contribution in [3.05, 3.63) is 40.8 Å². The van der Waals surface area contributed by atoms with Gasteiger partial charge in [0.05, 0.1) is 4.88 Å². The number of carboxylic acid groups (broad SMARTS) is 1. The lowest BCUT2D eigenvalue weighted by atomic mass is 10.1. The van der Waals surface area contributed by atoms with E-state index >= 15 is 0 Å². The second-order valence-electron chi connectivity index (χ2n) is 4.96. The Morgan fingerprint density at radius 1 is 1.36 bits per heavy atom. The summed E-state index contributed by atoms with van der Waals surface area (Å²) in [7, 11) is 0. The molecule has 0 bridgehead atoms. The fourth-order valence-electron chi connectivity index (χ4n) is 2.45. The number of carbonyl (C=O) groups is 2. The molecule has 114 valence electrons. The first kappa shape index (κ1) is 14.6. The third-order valence-corrected chi connectivity index (χ3v) is 4.73. The van der Waals surface area contributed by atoms with Gasteiger partial charge in [0.15, 0.2) is 0 Å². The fraction of sp³-hybridized carbons (Fsp3) is 0.250. The van der Waals surface area contributed by atoms with Gasteiger partial charge in [0.1, 0.15) is 18.9 Å². The normalized spacial score (nSPS) is 12.0. The Morgan fingerprint density at radius 2 is 2.14 bits per heavy atom. The minimum Gasteiger partial charge on any atom is -0.488 e. The molecule has 1 aliphatic heterocycles. The number of amides is 1. The van der Waals surface area contributed by atoms with Crippen LogP contribution in [0.1, 0.15) is 22.2 Å². The van der Waals surface area contributed by atoms with E-state index in [4.69, 9.17) is 9.84 Å². The number of carboxylic acids is 1. The molecule has 1 N–H and O–H groups in total. The van der Waals surface area contributed by atoms with E-state index in [1.54, 1.807) is 6.92 Å². The third kappa shape index (κ3) is 2.57. The number of carbonyl (C=O) groups excluding carboxylic acids is 1. The minimum absolute atomic E-state index is 0.248. The molecule has 0 unspecified atom stereocenters. The summed E-state index contributed by atoms with van der Waals surface area (Å²) in [4.78, 5) is 26.2. The fourth-order valence-corrected chi connectivity index (χ4v) is 3.62. The molecule has 1 aromatic carbocycles. The number of likely N-dealkylation sites (N-methyl/N-ethyl adjacent to an activating group) is 1. The highest BCUT2D eigenvalue weighted by Crippen LogP contribution is 2.42. The van der Waals surface area contributed by atoms with Crippen molar-refractivity contribution in [1.29, 1.82) is 0 Å². The quantitative estimate of drug-likeness (QED) is 0.941. The Labute approximate surface area is 131 Å². The molecule has 6 heteroatoms. The van der Waals surface area contributed by atoms with Crippen LogP contribution in [0.4, 0.5) is 0 Å². The first-order valence-corrected chi connectivity index (χ1v) is 7.77. The molecule has 5 nitrogen and oxygen atoms in total. The van der Waals surface area contributed by atoms with Crippen molar-refractivity contribution in [2.45, 2.75) is 13.5 Å². The van der Waals surface area contributed by atoms with Gasteiger partial charge < -0.3 is 14.7 Å². The van der Waals surface area contributed by atoms with Crippen LogP contribution in [0.25, 0.3) is 10.4 Å². The Hall–Kier alpha value is -2.34. The topological polar surface area (TPSA) is 66.8 Å². The summed E-state index contributed by atoms with van der Waals surface area (Å²) in [5, 5.41) is 8.89. The number of nitrogens with zero attached hydrogens (tertiary/aromatic N) is 1. The Morgan fingerprint density at radius 3 is 2.86 bits per heavy atom. The first-order valence-electron chi connectivity index (χ1n) is 6.96. The van der Waals surface area contributed by atoms with Gasteiger partial charge in [-0.2, -0.15) is 0 Å². The smallest absolute Gasteiger partial charge is 0.323 e. The molecule has 2 heterocycles. The lowest BCUT2D eigenvalue weighted by Gasteiger charge is -2.17. The van der Waals surface area contributed by atoms with Gasteiger partial charge >= 0.3 is 5.97 Å². The van der Waals surface area contributed by atoms with Gasteiger partial charge in [0.2, 0.25) is 0 Å². The standard InChI is InChI=1S/C16H15NO4S/c1-2-17(8-14(18)19)16(20)13-7-10-9-21-12-6-4-3-5-11(12)15(10)22-13/h3-7H,2,8-9H2,1H3,(H,18,19). The SMILES string of the molecule is CCN(CC(=O)O)C(=O)c1cc2c(s1)-c1ccccc1OC2. The van der Waals surface area contributed by atoms with E-state index in [2.05, 4.69) is 0 Å². The molecule has 0 aliphatic carbocycles. The largest absolute Gasteiger partial charge is 0.488 e. The first-order chi connectivity index (χ1) is 10.6. The van der Waals surface area contributed by atoms with Crippen molar-refractivity contribution in [3.8, 4) is 16.2 Å². The Bertz CT molecular complexity index is 737. The molecule has 1 amide bonds. The van der Waals surface area contributed by atoms with E-state index in [1.165, 1.54) is 16.2 Å². The van der Waals surface area contributed by atoms with Crippen molar-refractivity contribution < 1.29 is 19.4 Å². The molecule has 3 rings (SSSR count). The highest BCUT2D eigenvalue weighted by Gasteiger charge is 2.25. The molecular weight excluding hydrogens is 302 g/mol. The summed E-state index contributed by atoms with van der Waals surface area (Å²) in [5.74, 6) is -0.444.